The molecule has 0 saturated carbocycles. The fourth-order valence-corrected chi connectivity index (χ4v) is 3.85. The van der Waals surface area contributed by atoms with Gasteiger partial charge in [0, 0.05) is 58.5 Å². The molecule has 29 heavy (non-hydrogen) atoms. The van der Waals surface area contributed by atoms with Crippen molar-refractivity contribution in [3.8, 4) is 0 Å². The van der Waals surface area contributed by atoms with Crippen molar-refractivity contribution in [2.75, 3.05) is 42.5 Å². The number of nitrogens with one attached hydrogen (secondary N) is 1. The van der Waals surface area contributed by atoms with Crippen LogP contribution in [0.5, 0.6) is 0 Å². The van der Waals surface area contributed by atoms with Gasteiger partial charge in [0.15, 0.2) is 5.11 Å². The van der Waals surface area contributed by atoms with Gasteiger partial charge in [-0.2, -0.15) is 5.10 Å². The van der Waals surface area contributed by atoms with Crippen LogP contribution < -0.4 is 15.2 Å². The van der Waals surface area contributed by atoms with Crippen molar-refractivity contribution < 1.29 is 4.79 Å². The summed E-state index contributed by atoms with van der Waals surface area (Å²) in [6, 6.07) is 7.75. The fraction of sp³-hybridized carbons (Fsp3) is 0.350. The first-order valence-corrected chi connectivity index (χ1v) is 10.0. The lowest BCUT2D eigenvalue weighted by atomic mass is 10.1. The molecule has 2 aliphatic heterocycles. The Balaban J connectivity index is 1.39. The second-order valence-electron chi connectivity index (χ2n) is 6.95. The number of thiocarbonyl (C=S) groups is 1. The van der Waals surface area contributed by atoms with Gasteiger partial charge in [0.05, 0.1) is 23.3 Å². The molecule has 4 rings (SSSR count). The van der Waals surface area contributed by atoms with Crippen LogP contribution in [0, 0.1) is 0 Å². The van der Waals surface area contributed by atoms with Crippen molar-refractivity contribution in [1.82, 2.24) is 20.3 Å². The number of nitrogens with zero attached hydrogens (tertiary/aromatic N) is 6. The first kappa shape index (κ1) is 19.3. The molecule has 2 aliphatic rings. The SMILES string of the molecule is CC(=O)N1CC/C(=N/NC(=S)N2CCN(c3cccnc3)CC2)c2ncccc21. The summed E-state index contributed by atoms with van der Waals surface area (Å²) in [5.74, 6) is 0.00765. The molecule has 0 unspecified atom stereocenters. The lowest BCUT2D eigenvalue weighted by Gasteiger charge is -2.36. The number of pyridine rings is 2. The minimum absolute atomic E-state index is 0.00765. The molecule has 0 spiro atoms. The molecule has 1 amide bonds. The van der Waals surface area contributed by atoms with Gasteiger partial charge in [-0.1, -0.05) is 0 Å². The smallest absolute Gasteiger partial charge is 0.223 e. The van der Waals surface area contributed by atoms with E-state index in [2.05, 4.69) is 36.4 Å². The van der Waals surface area contributed by atoms with Crippen LogP contribution in [-0.4, -0.2) is 64.3 Å². The van der Waals surface area contributed by atoms with E-state index >= 15 is 0 Å². The summed E-state index contributed by atoms with van der Waals surface area (Å²) in [6.07, 6.45) is 6.02. The molecule has 0 radical (unpaired) electrons. The molecule has 8 nitrogen and oxygen atoms in total. The minimum Gasteiger partial charge on any atom is -0.367 e. The highest BCUT2D eigenvalue weighted by Gasteiger charge is 2.25. The summed E-state index contributed by atoms with van der Waals surface area (Å²) < 4.78 is 0. The number of carbonyl (C=O) groups excluding carboxylic acids is 1. The van der Waals surface area contributed by atoms with Gasteiger partial charge in [-0.25, -0.2) is 0 Å². The number of hydrogen-bond donors (Lipinski definition) is 1. The second-order valence-corrected chi connectivity index (χ2v) is 7.34. The van der Waals surface area contributed by atoms with Crippen LogP contribution in [0.2, 0.25) is 0 Å². The summed E-state index contributed by atoms with van der Waals surface area (Å²) in [5.41, 5.74) is 6.50. The third kappa shape index (κ3) is 4.19. The largest absolute Gasteiger partial charge is 0.367 e. The maximum atomic E-state index is 11.9. The Bertz CT molecular complexity index is 925. The monoisotopic (exact) mass is 409 g/mol. The van der Waals surface area contributed by atoms with Crippen molar-refractivity contribution in [1.29, 1.82) is 0 Å². The van der Waals surface area contributed by atoms with E-state index in [0.717, 1.165) is 49.0 Å². The summed E-state index contributed by atoms with van der Waals surface area (Å²) >= 11 is 5.55. The van der Waals surface area contributed by atoms with Crippen LogP contribution in [0.3, 0.4) is 0 Å². The summed E-state index contributed by atoms with van der Waals surface area (Å²) in [5, 5.41) is 5.14. The topological polar surface area (TPSA) is 77.0 Å². The lowest BCUT2D eigenvalue weighted by molar-refractivity contribution is -0.116. The van der Waals surface area contributed by atoms with Crippen LogP contribution in [0.4, 0.5) is 11.4 Å². The first-order valence-electron chi connectivity index (χ1n) is 9.63. The molecule has 1 saturated heterocycles. The normalized spacial score (nSPS) is 17.8. The molecule has 2 aromatic heterocycles. The average molecular weight is 410 g/mol. The molecular weight excluding hydrogens is 386 g/mol. The molecule has 4 heterocycles. The molecule has 0 aromatic carbocycles. The van der Waals surface area contributed by atoms with E-state index in [1.807, 2.05) is 24.4 Å². The Labute approximate surface area is 175 Å². The Morgan fingerprint density at radius 2 is 1.93 bits per heavy atom. The van der Waals surface area contributed by atoms with E-state index in [1.165, 1.54) is 0 Å². The maximum absolute atomic E-state index is 11.9. The highest BCUT2D eigenvalue weighted by atomic mass is 32.1. The summed E-state index contributed by atoms with van der Waals surface area (Å²) in [7, 11) is 0. The standard InChI is InChI=1S/C20H23N7OS/c1-15(28)27-9-6-17(19-18(27)5-3-8-22-19)23-24-20(29)26-12-10-25(11-13-26)16-4-2-7-21-14-16/h2-5,7-8,14H,6,9-13H2,1H3,(H,24,29)/b23-17-. The Morgan fingerprint density at radius 3 is 2.66 bits per heavy atom. The zero-order valence-electron chi connectivity index (χ0n) is 16.3. The van der Waals surface area contributed by atoms with Crippen molar-refractivity contribution in [2.24, 2.45) is 5.10 Å². The number of piperazine rings is 1. The van der Waals surface area contributed by atoms with Gasteiger partial charge in [0.1, 0.15) is 5.69 Å². The van der Waals surface area contributed by atoms with Crippen LogP contribution in [0.15, 0.2) is 48.0 Å². The number of fused-ring (bicyclic) bond motifs is 1. The quantitative estimate of drug-likeness (QED) is 0.597. The van der Waals surface area contributed by atoms with E-state index in [4.69, 9.17) is 12.2 Å². The van der Waals surface area contributed by atoms with Crippen LogP contribution in [-0.2, 0) is 4.79 Å². The van der Waals surface area contributed by atoms with E-state index in [0.29, 0.717) is 18.1 Å². The van der Waals surface area contributed by atoms with Gasteiger partial charge in [-0.05, 0) is 36.5 Å². The average Bonchev–Trinajstić information content (AvgIpc) is 2.77. The fourth-order valence-electron chi connectivity index (χ4n) is 3.62. The van der Waals surface area contributed by atoms with E-state index in [9.17, 15) is 4.79 Å². The van der Waals surface area contributed by atoms with Crippen LogP contribution in [0.1, 0.15) is 19.0 Å². The number of carbonyl (C=O) groups is 1. The van der Waals surface area contributed by atoms with Gasteiger partial charge in [0.25, 0.3) is 0 Å². The number of anilines is 2. The number of amides is 1. The van der Waals surface area contributed by atoms with Gasteiger partial charge in [0.2, 0.25) is 5.91 Å². The number of aromatic nitrogens is 2. The third-order valence-electron chi connectivity index (χ3n) is 5.17. The third-order valence-corrected chi connectivity index (χ3v) is 5.52. The highest BCUT2D eigenvalue weighted by Crippen LogP contribution is 2.25. The van der Waals surface area contributed by atoms with Crippen LogP contribution in [0.25, 0.3) is 0 Å². The molecule has 2 aromatic rings. The Kier molecular flexibility index (Phi) is 5.66. The first-order chi connectivity index (χ1) is 14.1. The molecule has 0 aliphatic carbocycles. The predicted molar refractivity (Wildman–Crippen MR) is 117 cm³/mol. The van der Waals surface area contributed by atoms with Crippen molar-refractivity contribution >= 4 is 40.3 Å². The lowest BCUT2D eigenvalue weighted by Crippen LogP contribution is -2.51. The molecule has 9 heteroatoms. The number of hydrazone groups is 1. The Morgan fingerprint density at radius 1 is 1.14 bits per heavy atom. The van der Waals surface area contributed by atoms with Crippen molar-refractivity contribution in [3.63, 3.8) is 0 Å². The van der Waals surface area contributed by atoms with E-state index in [-0.39, 0.29) is 5.91 Å². The van der Waals surface area contributed by atoms with Crippen LogP contribution >= 0.6 is 12.2 Å². The van der Waals surface area contributed by atoms with Gasteiger partial charge < -0.3 is 14.7 Å². The minimum atomic E-state index is 0.00765. The predicted octanol–water partition coefficient (Wildman–Crippen LogP) is 1.63. The van der Waals surface area contributed by atoms with Gasteiger partial charge in [-0.15, -0.1) is 0 Å². The zero-order valence-corrected chi connectivity index (χ0v) is 17.1. The number of rotatable bonds is 2. The van der Waals surface area contributed by atoms with Gasteiger partial charge in [-0.3, -0.25) is 20.2 Å². The second kappa shape index (κ2) is 8.52. The van der Waals surface area contributed by atoms with E-state index < -0.39 is 0 Å². The van der Waals surface area contributed by atoms with Gasteiger partial charge >= 0.3 is 0 Å². The van der Waals surface area contributed by atoms with Crippen molar-refractivity contribution in [3.05, 3.63) is 48.5 Å². The molecule has 1 fully saturated rings. The Hall–Kier alpha value is -3.07. The maximum Gasteiger partial charge on any atom is 0.223 e. The zero-order chi connectivity index (χ0) is 20.2. The summed E-state index contributed by atoms with van der Waals surface area (Å²) in [6.45, 7) is 5.55. The molecule has 150 valence electrons. The molecular formula is C20H23N7OS. The summed E-state index contributed by atoms with van der Waals surface area (Å²) in [4.78, 5) is 26.7. The molecule has 0 atom stereocenters. The number of hydrogen-bond acceptors (Lipinski definition) is 6. The molecule has 1 N–H and O–H groups in total. The van der Waals surface area contributed by atoms with E-state index in [1.54, 1.807) is 24.2 Å². The highest BCUT2D eigenvalue weighted by molar-refractivity contribution is 7.80. The molecule has 0 bridgehead atoms. The van der Waals surface area contributed by atoms with Crippen molar-refractivity contribution in [2.45, 2.75) is 13.3 Å².